The summed E-state index contributed by atoms with van der Waals surface area (Å²) in [6.45, 7) is 0. The molecule has 1 heterocycles. The summed E-state index contributed by atoms with van der Waals surface area (Å²) < 4.78 is 46.7. The van der Waals surface area contributed by atoms with Crippen molar-refractivity contribution in [1.29, 1.82) is 0 Å². The molecule has 0 bridgehead atoms. The van der Waals surface area contributed by atoms with Crippen molar-refractivity contribution < 1.29 is 17.6 Å². The number of hydrogen-bond acceptors (Lipinski definition) is 3. The highest BCUT2D eigenvalue weighted by Crippen LogP contribution is 2.30. The Morgan fingerprint density at radius 1 is 0.905 bits per heavy atom. The van der Waals surface area contributed by atoms with Crippen molar-refractivity contribution in [3.63, 3.8) is 0 Å². The summed E-state index contributed by atoms with van der Waals surface area (Å²) in [7, 11) is 0. The van der Waals surface area contributed by atoms with Crippen molar-refractivity contribution in [2.45, 2.75) is 0 Å². The number of anilines is 1. The molecule has 1 aromatic heterocycles. The highest BCUT2D eigenvalue weighted by atomic mass is 19.2. The monoisotopic (exact) mass is 291 g/mol. The van der Waals surface area contributed by atoms with Crippen molar-refractivity contribution in [3.05, 3.63) is 64.1 Å². The van der Waals surface area contributed by atoms with Crippen LogP contribution in [-0.2, 0) is 0 Å². The Balaban J connectivity index is 2.39. The number of nitrogens with two attached hydrogens (primary N) is 1. The molecule has 0 aliphatic rings. The molecule has 106 valence electrons. The average Bonchev–Trinajstić information content (AvgIpc) is 2.49. The van der Waals surface area contributed by atoms with Crippen LogP contribution in [0.1, 0.15) is 0 Å². The third kappa shape index (κ3) is 1.96. The van der Waals surface area contributed by atoms with E-state index < -0.39 is 39.9 Å². The van der Waals surface area contributed by atoms with Gasteiger partial charge in [-0.25, -0.2) is 8.78 Å². The summed E-state index contributed by atoms with van der Waals surface area (Å²) >= 11 is 0. The summed E-state index contributed by atoms with van der Waals surface area (Å²) in [6.07, 6.45) is 0. The van der Waals surface area contributed by atoms with E-state index in [0.29, 0.717) is 0 Å². The molecule has 0 radical (unpaired) electrons. The standard InChI is InChI=1S/C15H8F3NO2/c16-11-8(5-6-9(19)12(11)17)15-13(18)14(20)7-3-1-2-4-10(7)21-15/h1-6H,19H2. The molecule has 2 N–H and O–H groups in total. The molecule has 3 aromatic rings. The molecule has 0 fully saturated rings. The SMILES string of the molecule is Nc1ccc(-c2oc3ccccc3c(=O)c2F)c(F)c1F. The number of fused-ring (bicyclic) bond motifs is 1. The quantitative estimate of drug-likeness (QED) is 0.698. The van der Waals surface area contributed by atoms with Crippen molar-refractivity contribution in [3.8, 4) is 11.3 Å². The molecular weight excluding hydrogens is 283 g/mol. The highest BCUT2D eigenvalue weighted by molar-refractivity contribution is 5.79. The smallest absolute Gasteiger partial charge is 0.229 e. The minimum absolute atomic E-state index is 0.0232. The van der Waals surface area contributed by atoms with Crippen LogP contribution in [0.2, 0.25) is 0 Å². The molecule has 0 saturated carbocycles. The molecule has 0 unspecified atom stereocenters. The summed E-state index contributed by atoms with van der Waals surface area (Å²) in [4.78, 5) is 11.9. The molecular formula is C15H8F3NO2. The Labute approximate surface area is 116 Å². The van der Waals surface area contributed by atoms with Gasteiger partial charge < -0.3 is 10.2 Å². The Kier molecular flexibility index (Phi) is 2.94. The Morgan fingerprint density at radius 2 is 1.62 bits per heavy atom. The fourth-order valence-electron chi connectivity index (χ4n) is 2.03. The van der Waals surface area contributed by atoms with Crippen molar-refractivity contribution in [2.24, 2.45) is 0 Å². The second kappa shape index (κ2) is 4.66. The van der Waals surface area contributed by atoms with Crippen LogP contribution < -0.4 is 11.2 Å². The summed E-state index contributed by atoms with van der Waals surface area (Å²) in [5, 5.41) is 0.0232. The third-order valence-electron chi connectivity index (χ3n) is 3.10. The molecule has 0 spiro atoms. The van der Waals surface area contributed by atoms with Crippen molar-refractivity contribution in [1.82, 2.24) is 0 Å². The van der Waals surface area contributed by atoms with Crippen LogP contribution in [0.4, 0.5) is 18.9 Å². The number of benzene rings is 2. The van der Waals surface area contributed by atoms with E-state index in [2.05, 4.69) is 0 Å². The van der Waals surface area contributed by atoms with Crippen LogP contribution in [0, 0.1) is 17.5 Å². The number of rotatable bonds is 1. The zero-order valence-electron chi connectivity index (χ0n) is 10.5. The Bertz CT molecular complexity index is 919. The fourth-order valence-corrected chi connectivity index (χ4v) is 2.03. The second-order valence-corrected chi connectivity index (χ2v) is 4.40. The molecule has 3 nitrogen and oxygen atoms in total. The molecule has 0 amide bonds. The van der Waals surface area contributed by atoms with Gasteiger partial charge >= 0.3 is 0 Å². The minimum Gasteiger partial charge on any atom is -0.453 e. The Morgan fingerprint density at radius 3 is 2.38 bits per heavy atom. The molecule has 2 aromatic carbocycles. The van der Waals surface area contributed by atoms with Gasteiger partial charge in [-0.2, -0.15) is 4.39 Å². The van der Waals surface area contributed by atoms with Crippen LogP contribution in [0.5, 0.6) is 0 Å². The highest BCUT2D eigenvalue weighted by Gasteiger charge is 2.21. The zero-order chi connectivity index (χ0) is 15.1. The molecule has 21 heavy (non-hydrogen) atoms. The lowest BCUT2D eigenvalue weighted by atomic mass is 10.1. The topological polar surface area (TPSA) is 56.2 Å². The normalized spacial score (nSPS) is 11.0. The summed E-state index contributed by atoms with van der Waals surface area (Å²) in [5.41, 5.74) is 3.45. The fraction of sp³-hybridized carbons (Fsp3) is 0. The van der Waals surface area contributed by atoms with Gasteiger partial charge in [0.15, 0.2) is 17.4 Å². The van der Waals surface area contributed by atoms with E-state index in [-0.39, 0.29) is 11.0 Å². The van der Waals surface area contributed by atoms with Gasteiger partial charge in [-0.1, -0.05) is 12.1 Å². The second-order valence-electron chi connectivity index (χ2n) is 4.40. The van der Waals surface area contributed by atoms with Crippen molar-refractivity contribution in [2.75, 3.05) is 5.73 Å². The predicted molar refractivity (Wildman–Crippen MR) is 72.2 cm³/mol. The van der Waals surface area contributed by atoms with E-state index in [1.165, 1.54) is 12.1 Å². The number of halogens is 3. The lowest BCUT2D eigenvalue weighted by molar-refractivity contribution is 0.498. The van der Waals surface area contributed by atoms with Gasteiger partial charge in [0, 0.05) is 0 Å². The molecule has 6 heteroatoms. The van der Waals surface area contributed by atoms with Crippen LogP contribution in [0.25, 0.3) is 22.3 Å². The minimum atomic E-state index is -1.37. The van der Waals surface area contributed by atoms with Gasteiger partial charge in [0.1, 0.15) is 5.58 Å². The van der Waals surface area contributed by atoms with E-state index in [0.717, 1.165) is 12.1 Å². The number of para-hydroxylation sites is 1. The first kappa shape index (κ1) is 13.2. The van der Waals surface area contributed by atoms with Gasteiger partial charge in [-0.3, -0.25) is 4.79 Å². The van der Waals surface area contributed by atoms with E-state index in [4.69, 9.17) is 10.2 Å². The van der Waals surface area contributed by atoms with Crippen molar-refractivity contribution >= 4 is 16.7 Å². The first-order valence-corrected chi connectivity index (χ1v) is 5.96. The van der Waals surface area contributed by atoms with Gasteiger partial charge in [0.2, 0.25) is 11.2 Å². The molecule has 0 atom stereocenters. The van der Waals surface area contributed by atoms with Crippen LogP contribution in [0.3, 0.4) is 0 Å². The van der Waals surface area contributed by atoms with Gasteiger partial charge in [-0.15, -0.1) is 0 Å². The third-order valence-corrected chi connectivity index (χ3v) is 3.10. The van der Waals surface area contributed by atoms with E-state index in [9.17, 15) is 18.0 Å². The summed E-state index contributed by atoms with van der Waals surface area (Å²) in [5.74, 6) is -4.62. The predicted octanol–water partition coefficient (Wildman–Crippen LogP) is 3.46. The van der Waals surface area contributed by atoms with Gasteiger partial charge in [-0.05, 0) is 24.3 Å². The number of hydrogen-bond donors (Lipinski definition) is 1. The van der Waals surface area contributed by atoms with Crippen LogP contribution in [-0.4, -0.2) is 0 Å². The molecule has 0 aliphatic carbocycles. The number of nitrogen functional groups attached to an aromatic ring is 1. The van der Waals surface area contributed by atoms with Crippen LogP contribution >= 0.6 is 0 Å². The van der Waals surface area contributed by atoms with Gasteiger partial charge in [0.05, 0.1) is 16.6 Å². The van der Waals surface area contributed by atoms with Gasteiger partial charge in [0.25, 0.3) is 0 Å². The molecule has 0 saturated heterocycles. The largest absolute Gasteiger partial charge is 0.453 e. The van der Waals surface area contributed by atoms with E-state index in [1.807, 2.05) is 0 Å². The molecule has 0 aliphatic heterocycles. The first-order chi connectivity index (χ1) is 10.0. The average molecular weight is 291 g/mol. The van der Waals surface area contributed by atoms with E-state index in [1.54, 1.807) is 12.1 Å². The zero-order valence-corrected chi connectivity index (χ0v) is 10.5. The molecule has 3 rings (SSSR count). The summed E-state index contributed by atoms with van der Waals surface area (Å²) in [6, 6.07) is 8.07. The van der Waals surface area contributed by atoms with E-state index >= 15 is 0 Å². The van der Waals surface area contributed by atoms with Crippen LogP contribution in [0.15, 0.2) is 45.6 Å². The maximum atomic E-state index is 14.1. The lowest BCUT2D eigenvalue weighted by Crippen LogP contribution is -2.09. The first-order valence-electron chi connectivity index (χ1n) is 5.96. The Hall–Kier alpha value is -2.76. The maximum absolute atomic E-state index is 14.1. The maximum Gasteiger partial charge on any atom is 0.229 e. The lowest BCUT2D eigenvalue weighted by Gasteiger charge is -2.07.